The van der Waals surface area contributed by atoms with Gasteiger partial charge in [-0.15, -0.1) is 11.8 Å². The molecule has 5 heteroatoms. The van der Waals surface area contributed by atoms with Crippen LogP contribution in [0.4, 0.5) is 0 Å². The predicted molar refractivity (Wildman–Crippen MR) is 89.9 cm³/mol. The third-order valence-corrected chi connectivity index (χ3v) is 5.69. The highest BCUT2D eigenvalue weighted by Gasteiger charge is 2.26. The minimum absolute atomic E-state index is 0.0825. The molecule has 0 fully saturated rings. The number of rotatable bonds is 4. The van der Waals surface area contributed by atoms with Crippen LogP contribution in [0.15, 0.2) is 45.2 Å². The van der Waals surface area contributed by atoms with E-state index in [2.05, 4.69) is 13.8 Å². The zero-order chi connectivity index (χ0) is 14.8. The summed E-state index contributed by atoms with van der Waals surface area (Å²) in [6, 6.07) is 9.81. The minimum atomic E-state index is 0.0825. The summed E-state index contributed by atoms with van der Waals surface area (Å²) in [4.78, 5) is 18.5. The third kappa shape index (κ3) is 2.90. The largest absolute Gasteiger partial charge is 0.272 e. The lowest BCUT2D eigenvalue weighted by atomic mass is 10.2. The summed E-state index contributed by atoms with van der Waals surface area (Å²) in [7, 11) is 0. The zero-order valence-corrected chi connectivity index (χ0v) is 13.8. The number of thioether (sulfide) groups is 2. The Bertz CT molecular complexity index is 697. The van der Waals surface area contributed by atoms with E-state index in [-0.39, 0.29) is 5.56 Å². The van der Waals surface area contributed by atoms with Crippen LogP contribution in [0.3, 0.4) is 0 Å². The first-order chi connectivity index (χ1) is 10.2. The molecule has 0 radical (unpaired) electrons. The summed E-state index contributed by atoms with van der Waals surface area (Å²) < 4.78 is 1.77. The molecule has 0 aliphatic carbocycles. The maximum absolute atomic E-state index is 12.9. The van der Waals surface area contributed by atoms with Crippen LogP contribution in [-0.4, -0.2) is 20.6 Å². The second-order valence-corrected chi connectivity index (χ2v) is 7.64. The average molecular weight is 318 g/mol. The molecule has 0 N–H and O–H groups in total. The van der Waals surface area contributed by atoms with Gasteiger partial charge in [0.15, 0.2) is 5.16 Å². The fourth-order valence-corrected chi connectivity index (χ4v) is 4.37. The molecule has 0 spiro atoms. The Morgan fingerprint density at radius 3 is 2.86 bits per heavy atom. The van der Waals surface area contributed by atoms with Crippen molar-refractivity contribution in [3.05, 3.63) is 46.4 Å². The van der Waals surface area contributed by atoms with Crippen LogP contribution in [0.5, 0.6) is 0 Å². The first-order valence-corrected chi connectivity index (χ1v) is 9.08. The lowest BCUT2D eigenvalue weighted by molar-refractivity contribution is 0.730. The van der Waals surface area contributed by atoms with E-state index in [9.17, 15) is 4.79 Å². The average Bonchev–Trinajstić information content (AvgIpc) is 2.87. The highest BCUT2D eigenvalue weighted by Crippen LogP contribution is 2.34. The topological polar surface area (TPSA) is 34.9 Å². The van der Waals surface area contributed by atoms with Gasteiger partial charge in [-0.25, -0.2) is 4.98 Å². The van der Waals surface area contributed by atoms with Gasteiger partial charge in [0.1, 0.15) is 0 Å². The Labute approximate surface area is 133 Å². The van der Waals surface area contributed by atoms with Gasteiger partial charge in [0.2, 0.25) is 0 Å². The predicted octanol–water partition coefficient (Wildman–Crippen LogP) is 3.77. The number of fused-ring (bicyclic) bond motifs is 1. The molecule has 0 amide bonds. The second kappa shape index (κ2) is 6.28. The molecule has 1 aromatic carbocycles. The number of benzene rings is 1. The highest BCUT2D eigenvalue weighted by molar-refractivity contribution is 8.00. The first kappa shape index (κ1) is 14.7. The summed E-state index contributed by atoms with van der Waals surface area (Å²) >= 11 is 3.32. The number of nitrogens with zero attached hydrogens (tertiary/aromatic N) is 2. The van der Waals surface area contributed by atoms with Crippen molar-refractivity contribution in [3.8, 4) is 5.69 Å². The van der Waals surface area contributed by atoms with Crippen molar-refractivity contribution in [2.75, 3.05) is 5.75 Å². The third-order valence-electron chi connectivity index (χ3n) is 3.33. The van der Waals surface area contributed by atoms with Gasteiger partial charge in [-0.1, -0.05) is 43.8 Å². The Morgan fingerprint density at radius 1 is 1.38 bits per heavy atom. The van der Waals surface area contributed by atoms with Crippen LogP contribution in [0.25, 0.3) is 5.69 Å². The Morgan fingerprint density at radius 2 is 2.14 bits per heavy atom. The fraction of sp³-hybridized carbons (Fsp3) is 0.375. The standard InChI is InChI=1S/C16H18N2OS2/c1-3-9-20-16-17-13-10-11(2)21-14(13)15(19)18(16)12-7-5-4-6-8-12/h4-8,11H,3,9-10H2,1-2H3. The van der Waals surface area contributed by atoms with Gasteiger partial charge in [-0.05, 0) is 18.6 Å². The second-order valence-electron chi connectivity index (χ2n) is 5.13. The molecule has 1 aromatic heterocycles. The van der Waals surface area contributed by atoms with E-state index in [1.165, 1.54) is 0 Å². The van der Waals surface area contributed by atoms with Crippen molar-refractivity contribution in [3.63, 3.8) is 0 Å². The summed E-state index contributed by atoms with van der Waals surface area (Å²) in [6.45, 7) is 4.29. The van der Waals surface area contributed by atoms with Gasteiger partial charge in [-0.2, -0.15) is 0 Å². The molecule has 0 bridgehead atoms. The van der Waals surface area contributed by atoms with Crippen molar-refractivity contribution in [1.82, 2.24) is 9.55 Å². The van der Waals surface area contributed by atoms with Crippen molar-refractivity contribution >= 4 is 23.5 Å². The van der Waals surface area contributed by atoms with E-state index in [0.717, 1.165) is 40.0 Å². The van der Waals surface area contributed by atoms with Crippen LogP contribution in [0, 0.1) is 0 Å². The minimum Gasteiger partial charge on any atom is -0.268 e. The lowest BCUT2D eigenvalue weighted by Gasteiger charge is -2.13. The molecule has 1 atom stereocenters. The number of hydrogen-bond acceptors (Lipinski definition) is 4. The van der Waals surface area contributed by atoms with Crippen LogP contribution in [0.2, 0.25) is 0 Å². The number of para-hydroxylation sites is 1. The fourth-order valence-electron chi connectivity index (χ4n) is 2.39. The SMILES string of the molecule is CCCSc1nc2c(c(=O)n1-c1ccccc1)SC(C)C2. The normalized spacial score (nSPS) is 17.0. The van der Waals surface area contributed by atoms with Gasteiger partial charge in [-0.3, -0.25) is 9.36 Å². The van der Waals surface area contributed by atoms with Gasteiger partial charge in [0.05, 0.1) is 16.3 Å². The van der Waals surface area contributed by atoms with Crippen LogP contribution >= 0.6 is 23.5 Å². The van der Waals surface area contributed by atoms with E-state index in [1.54, 1.807) is 28.1 Å². The smallest absolute Gasteiger partial charge is 0.268 e. The Kier molecular flexibility index (Phi) is 4.40. The van der Waals surface area contributed by atoms with Crippen molar-refractivity contribution in [2.45, 2.75) is 42.0 Å². The molecule has 110 valence electrons. The molecule has 0 saturated heterocycles. The molecule has 1 unspecified atom stereocenters. The van der Waals surface area contributed by atoms with Crippen LogP contribution in [-0.2, 0) is 6.42 Å². The van der Waals surface area contributed by atoms with Crippen LogP contribution < -0.4 is 5.56 Å². The monoisotopic (exact) mass is 318 g/mol. The molecule has 1 aliphatic rings. The zero-order valence-electron chi connectivity index (χ0n) is 12.2. The van der Waals surface area contributed by atoms with E-state index >= 15 is 0 Å². The van der Waals surface area contributed by atoms with Gasteiger partial charge in [0, 0.05) is 17.4 Å². The van der Waals surface area contributed by atoms with E-state index in [0.29, 0.717) is 5.25 Å². The van der Waals surface area contributed by atoms with Crippen molar-refractivity contribution < 1.29 is 0 Å². The molecule has 2 aromatic rings. The molecule has 21 heavy (non-hydrogen) atoms. The maximum Gasteiger partial charge on any atom is 0.272 e. The van der Waals surface area contributed by atoms with Gasteiger partial charge in [0.25, 0.3) is 5.56 Å². The van der Waals surface area contributed by atoms with Crippen molar-refractivity contribution in [2.24, 2.45) is 0 Å². The first-order valence-electron chi connectivity index (χ1n) is 7.21. The quantitative estimate of drug-likeness (QED) is 0.635. The molecule has 1 aliphatic heterocycles. The highest BCUT2D eigenvalue weighted by atomic mass is 32.2. The van der Waals surface area contributed by atoms with E-state index in [4.69, 9.17) is 4.98 Å². The summed E-state index contributed by atoms with van der Waals surface area (Å²) in [5.41, 5.74) is 1.96. The maximum atomic E-state index is 12.9. The van der Waals surface area contributed by atoms with Crippen molar-refractivity contribution in [1.29, 1.82) is 0 Å². The molecular weight excluding hydrogens is 300 g/mol. The summed E-state index contributed by atoms with van der Waals surface area (Å²) in [6.07, 6.45) is 1.96. The summed E-state index contributed by atoms with van der Waals surface area (Å²) in [5.74, 6) is 0.973. The van der Waals surface area contributed by atoms with Gasteiger partial charge < -0.3 is 0 Å². The van der Waals surface area contributed by atoms with Gasteiger partial charge >= 0.3 is 0 Å². The Hall–Kier alpha value is -1.20. The molecule has 0 saturated carbocycles. The summed E-state index contributed by atoms with van der Waals surface area (Å²) in [5, 5.41) is 1.26. The lowest BCUT2D eigenvalue weighted by Crippen LogP contribution is -2.23. The molecule has 2 heterocycles. The number of hydrogen-bond donors (Lipinski definition) is 0. The molecular formula is C16H18N2OS2. The van der Waals surface area contributed by atoms with Crippen LogP contribution in [0.1, 0.15) is 26.0 Å². The molecule has 3 nitrogen and oxygen atoms in total. The molecule has 3 rings (SSSR count). The van der Waals surface area contributed by atoms with E-state index in [1.807, 2.05) is 30.3 Å². The number of aromatic nitrogens is 2. The Balaban J connectivity index is 2.17. The van der Waals surface area contributed by atoms with E-state index < -0.39 is 0 Å².